The van der Waals surface area contributed by atoms with Crippen molar-refractivity contribution in [3.05, 3.63) is 35.9 Å². The number of carbonyl (C=O) groups is 1. The third-order valence-corrected chi connectivity index (χ3v) is 2.21. The van der Waals surface area contributed by atoms with Gasteiger partial charge in [0.05, 0.1) is 12.6 Å². The summed E-state index contributed by atoms with van der Waals surface area (Å²) >= 11 is 0. The molecule has 1 rings (SSSR count). The average Bonchev–Trinajstić information content (AvgIpc) is 2.34. The molecule has 0 saturated carbocycles. The number of amides is 1. The van der Waals surface area contributed by atoms with Crippen LogP contribution >= 0.6 is 0 Å². The van der Waals surface area contributed by atoms with E-state index in [2.05, 4.69) is 10.6 Å². The van der Waals surface area contributed by atoms with E-state index in [4.69, 9.17) is 0 Å². The smallest absolute Gasteiger partial charge is 0.234 e. The lowest BCUT2D eigenvalue weighted by atomic mass is 10.1. The summed E-state index contributed by atoms with van der Waals surface area (Å²) < 4.78 is 0. The van der Waals surface area contributed by atoms with E-state index in [9.17, 15) is 9.90 Å². The molecule has 1 unspecified atom stereocenters. The topological polar surface area (TPSA) is 61.4 Å². The molecule has 88 valence electrons. The van der Waals surface area contributed by atoms with E-state index in [0.717, 1.165) is 12.1 Å². The highest BCUT2D eigenvalue weighted by Crippen LogP contribution is 2.10. The predicted octanol–water partition coefficient (Wildman–Crippen LogP) is 0.446. The van der Waals surface area contributed by atoms with Crippen LogP contribution in [-0.4, -0.2) is 30.6 Å². The molecule has 1 amide bonds. The maximum absolute atomic E-state index is 11.3. The zero-order chi connectivity index (χ0) is 11.8. The minimum atomic E-state index is -0.647. The van der Waals surface area contributed by atoms with Crippen LogP contribution in [0.25, 0.3) is 0 Å². The molecule has 1 atom stereocenters. The quantitative estimate of drug-likeness (QED) is 0.654. The zero-order valence-corrected chi connectivity index (χ0v) is 9.44. The van der Waals surface area contributed by atoms with Crippen LogP contribution in [0.1, 0.15) is 18.6 Å². The van der Waals surface area contributed by atoms with E-state index >= 15 is 0 Å². The van der Waals surface area contributed by atoms with E-state index in [0.29, 0.717) is 0 Å². The van der Waals surface area contributed by atoms with Gasteiger partial charge in [-0.25, -0.2) is 0 Å². The van der Waals surface area contributed by atoms with Gasteiger partial charge in [-0.1, -0.05) is 37.3 Å². The molecule has 0 fully saturated rings. The monoisotopic (exact) mass is 222 g/mol. The van der Waals surface area contributed by atoms with Gasteiger partial charge >= 0.3 is 0 Å². The molecule has 3 N–H and O–H groups in total. The summed E-state index contributed by atoms with van der Waals surface area (Å²) in [6.07, 6.45) is -0.647. The molecule has 0 aliphatic heterocycles. The zero-order valence-electron chi connectivity index (χ0n) is 9.44. The summed E-state index contributed by atoms with van der Waals surface area (Å²) in [6.45, 7) is 3.23. The van der Waals surface area contributed by atoms with Gasteiger partial charge in [-0.15, -0.1) is 0 Å². The normalized spacial score (nSPS) is 12.1. The van der Waals surface area contributed by atoms with Crippen molar-refractivity contribution >= 4 is 5.91 Å². The second kappa shape index (κ2) is 6.98. The van der Waals surface area contributed by atoms with Crippen LogP contribution in [0.5, 0.6) is 0 Å². The van der Waals surface area contributed by atoms with Gasteiger partial charge in [0.25, 0.3) is 0 Å². The van der Waals surface area contributed by atoms with Gasteiger partial charge < -0.3 is 15.7 Å². The molecular weight excluding hydrogens is 204 g/mol. The van der Waals surface area contributed by atoms with Crippen LogP contribution in [0.4, 0.5) is 0 Å². The second-order valence-electron chi connectivity index (χ2n) is 3.51. The van der Waals surface area contributed by atoms with Gasteiger partial charge in [0.1, 0.15) is 0 Å². The van der Waals surface area contributed by atoms with Crippen LogP contribution in [0, 0.1) is 0 Å². The third-order valence-electron chi connectivity index (χ3n) is 2.21. The highest BCUT2D eigenvalue weighted by molar-refractivity contribution is 5.77. The van der Waals surface area contributed by atoms with Gasteiger partial charge in [-0.05, 0) is 12.1 Å². The van der Waals surface area contributed by atoms with E-state index in [1.54, 1.807) is 0 Å². The second-order valence-corrected chi connectivity index (χ2v) is 3.51. The van der Waals surface area contributed by atoms with E-state index in [-0.39, 0.29) is 19.0 Å². The first-order valence-corrected chi connectivity index (χ1v) is 5.44. The Morgan fingerprint density at radius 2 is 2.06 bits per heavy atom. The van der Waals surface area contributed by atoms with Crippen molar-refractivity contribution in [2.45, 2.75) is 13.0 Å². The Balaban J connectivity index is 2.30. The standard InChI is InChI=1S/C12H18N2O2/c1-2-13-9-12(16)14-8-11(15)10-6-4-3-5-7-10/h3-7,11,13,15H,2,8-9H2,1H3,(H,14,16). The molecule has 0 heterocycles. The van der Waals surface area contributed by atoms with Gasteiger partial charge in [-0.2, -0.15) is 0 Å². The van der Waals surface area contributed by atoms with Gasteiger partial charge in [0.2, 0.25) is 5.91 Å². The third kappa shape index (κ3) is 4.42. The fraction of sp³-hybridized carbons (Fsp3) is 0.417. The lowest BCUT2D eigenvalue weighted by Gasteiger charge is -2.12. The molecule has 1 aromatic rings. The fourth-order valence-corrected chi connectivity index (χ4v) is 1.30. The first-order chi connectivity index (χ1) is 7.74. The molecule has 0 radical (unpaired) electrons. The average molecular weight is 222 g/mol. The number of rotatable bonds is 6. The Morgan fingerprint density at radius 3 is 2.69 bits per heavy atom. The molecule has 0 bridgehead atoms. The van der Waals surface area contributed by atoms with Crippen molar-refractivity contribution in [2.24, 2.45) is 0 Å². The van der Waals surface area contributed by atoms with Gasteiger partial charge in [0, 0.05) is 6.54 Å². The number of aliphatic hydroxyl groups is 1. The highest BCUT2D eigenvalue weighted by atomic mass is 16.3. The summed E-state index contributed by atoms with van der Waals surface area (Å²) in [5.74, 6) is -0.100. The van der Waals surface area contributed by atoms with Crippen molar-refractivity contribution in [1.29, 1.82) is 0 Å². The molecule has 0 spiro atoms. The minimum absolute atomic E-state index is 0.100. The molecule has 0 aliphatic carbocycles. The van der Waals surface area contributed by atoms with Crippen LogP contribution < -0.4 is 10.6 Å². The maximum atomic E-state index is 11.3. The van der Waals surface area contributed by atoms with Gasteiger partial charge in [-0.3, -0.25) is 4.79 Å². The summed E-state index contributed by atoms with van der Waals surface area (Å²) in [4.78, 5) is 11.3. The van der Waals surface area contributed by atoms with Crippen LogP contribution in [0.2, 0.25) is 0 Å². The van der Waals surface area contributed by atoms with Gasteiger partial charge in [0.15, 0.2) is 0 Å². The Labute approximate surface area is 95.7 Å². The van der Waals surface area contributed by atoms with Crippen molar-refractivity contribution in [3.63, 3.8) is 0 Å². The number of benzene rings is 1. The molecule has 4 nitrogen and oxygen atoms in total. The summed E-state index contributed by atoms with van der Waals surface area (Å²) in [6, 6.07) is 9.28. The molecule has 1 aromatic carbocycles. The molecule has 0 aliphatic rings. The van der Waals surface area contributed by atoms with E-state index in [1.807, 2.05) is 37.3 Å². The van der Waals surface area contributed by atoms with Crippen LogP contribution in [0.15, 0.2) is 30.3 Å². The number of carbonyl (C=O) groups excluding carboxylic acids is 1. The summed E-state index contributed by atoms with van der Waals surface area (Å²) in [5.41, 5.74) is 0.811. The number of likely N-dealkylation sites (N-methyl/N-ethyl adjacent to an activating group) is 1. The van der Waals surface area contributed by atoms with E-state index < -0.39 is 6.10 Å². The molecule has 16 heavy (non-hydrogen) atoms. The molecule has 0 saturated heterocycles. The first kappa shape index (κ1) is 12.7. The summed E-state index contributed by atoms with van der Waals surface area (Å²) in [5, 5.41) is 15.3. The lowest BCUT2D eigenvalue weighted by Crippen LogP contribution is -2.36. The Hall–Kier alpha value is -1.39. The number of hydrogen-bond donors (Lipinski definition) is 3. The lowest BCUT2D eigenvalue weighted by molar-refractivity contribution is -0.120. The Kier molecular flexibility index (Phi) is 5.53. The Morgan fingerprint density at radius 1 is 1.38 bits per heavy atom. The summed E-state index contributed by atoms with van der Waals surface area (Å²) in [7, 11) is 0. The number of nitrogens with one attached hydrogen (secondary N) is 2. The highest BCUT2D eigenvalue weighted by Gasteiger charge is 2.08. The molecule has 0 aromatic heterocycles. The maximum Gasteiger partial charge on any atom is 0.234 e. The Bertz CT molecular complexity index is 314. The predicted molar refractivity (Wildman–Crippen MR) is 63.0 cm³/mol. The SMILES string of the molecule is CCNCC(=O)NCC(O)c1ccccc1. The van der Waals surface area contributed by atoms with Crippen molar-refractivity contribution in [3.8, 4) is 0 Å². The number of aliphatic hydroxyl groups excluding tert-OH is 1. The van der Waals surface area contributed by atoms with E-state index in [1.165, 1.54) is 0 Å². The number of hydrogen-bond acceptors (Lipinski definition) is 3. The van der Waals surface area contributed by atoms with Crippen molar-refractivity contribution in [1.82, 2.24) is 10.6 Å². The van der Waals surface area contributed by atoms with Crippen molar-refractivity contribution in [2.75, 3.05) is 19.6 Å². The largest absolute Gasteiger partial charge is 0.387 e. The first-order valence-electron chi connectivity index (χ1n) is 5.44. The minimum Gasteiger partial charge on any atom is -0.387 e. The van der Waals surface area contributed by atoms with Crippen LogP contribution in [0.3, 0.4) is 0 Å². The fourth-order valence-electron chi connectivity index (χ4n) is 1.30. The van der Waals surface area contributed by atoms with Crippen LogP contribution in [-0.2, 0) is 4.79 Å². The molecule has 4 heteroatoms. The molecular formula is C12H18N2O2. The van der Waals surface area contributed by atoms with Crippen molar-refractivity contribution < 1.29 is 9.90 Å².